The number of carbonyl (C=O) groups excluding carboxylic acids is 1. The van der Waals surface area contributed by atoms with Gasteiger partial charge in [-0.2, -0.15) is 10.2 Å². The smallest absolute Gasteiger partial charge is 0.291 e. The summed E-state index contributed by atoms with van der Waals surface area (Å²) in [4.78, 5) is 17.8. The van der Waals surface area contributed by atoms with Gasteiger partial charge >= 0.3 is 0 Å². The monoisotopic (exact) mass is 274 g/mol. The SMILES string of the molecule is O=C(c1ncn[nH]1)N1CCCC(Oc2cccnn2)C1. The number of piperidine rings is 1. The zero-order chi connectivity index (χ0) is 13.8. The molecule has 1 atom stereocenters. The van der Waals surface area contributed by atoms with Crippen molar-refractivity contribution in [2.45, 2.75) is 18.9 Å². The Morgan fingerprint density at radius 2 is 2.45 bits per heavy atom. The molecule has 1 aliphatic heterocycles. The lowest BCUT2D eigenvalue weighted by molar-refractivity contribution is 0.0515. The van der Waals surface area contributed by atoms with Gasteiger partial charge in [-0.15, -0.1) is 5.10 Å². The number of hydrogen-bond donors (Lipinski definition) is 1. The van der Waals surface area contributed by atoms with Gasteiger partial charge in [0.15, 0.2) is 0 Å². The van der Waals surface area contributed by atoms with Gasteiger partial charge in [-0.3, -0.25) is 9.89 Å². The summed E-state index contributed by atoms with van der Waals surface area (Å²) in [5.74, 6) is 0.576. The van der Waals surface area contributed by atoms with E-state index in [-0.39, 0.29) is 17.8 Å². The maximum atomic E-state index is 12.2. The lowest BCUT2D eigenvalue weighted by Gasteiger charge is -2.31. The van der Waals surface area contributed by atoms with Crippen molar-refractivity contribution >= 4 is 5.91 Å². The van der Waals surface area contributed by atoms with E-state index in [9.17, 15) is 4.79 Å². The second-order valence-electron chi connectivity index (χ2n) is 4.53. The molecule has 1 unspecified atom stereocenters. The highest BCUT2D eigenvalue weighted by Crippen LogP contribution is 2.17. The van der Waals surface area contributed by atoms with Crippen molar-refractivity contribution in [2.75, 3.05) is 13.1 Å². The van der Waals surface area contributed by atoms with Crippen molar-refractivity contribution in [1.82, 2.24) is 30.3 Å². The van der Waals surface area contributed by atoms with Crippen LogP contribution in [0.5, 0.6) is 5.88 Å². The van der Waals surface area contributed by atoms with Crippen LogP contribution in [0.25, 0.3) is 0 Å². The molecule has 0 aromatic carbocycles. The zero-order valence-corrected chi connectivity index (χ0v) is 10.8. The third-order valence-electron chi connectivity index (χ3n) is 3.12. The quantitative estimate of drug-likeness (QED) is 0.863. The van der Waals surface area contributed by atoms with E-state index < -0.39 is 0 Å². The van der Waals surface area contributed by atoms with E-state index in [4.69, 9.17) is 4.74 Å². The van der Waals surface area contributed by atoms with Crippen LogP contribution in [0.4, 0.5) is 0 Å². The lowest BCUT2D eigenvalue weighted by atomic mass is 10.1. The maximum absolute atomic E-state index is 12.2. The number of carbonyl (C=O) groups is 1. The molecule has 0 aliphatic carbocycles. The first kappa shape index (κ1) is 12.5. The van der Waals surface area contributed by atoms with E-state index in [1.807, 2.05) is 0 Å². The van der Waals surface area contributed by atoms with Crippen LogP contribution >= 0.6 is 0 Å². The molecule has 20 heavy (non-hydrogen) atoms. The lowest BCUT2D eigenvalue weighted by Crippen LogP contribution is -2.44. The fourth-order valence-corrected chi connectivity index (χ4v) is 2.20. The molecule has 0 saturated carbocycles. The molecule has 2 aromatic heterocycles. The molecule has 1 aliphatic rings. The topological polar surface area (TPSA) is 96.9 Å². The van der Waals surface area contributed by atoms with E-state index in [0.29, 0.717) is 19.0 Å². The number of aromatic amines is 1. The highest BCUT2D eigenvalue weighted by molar-refractivity contribution is 5.90. The van der Waals surface area contributed by atoms with E-state index >= 15 is 0 Å². The van der Waals surface area contributed by atoms with Gasteiger partial charge in [-0.05, 0) is 18.9 Å². The third kappa shape index (κ3) is 2.73. The number of ether oxygens (including phenoxy) is 1. The molecule has 1 fully saturated rings. The fraction of sp³-hybridized carbons (Fsp3) is 0.417. The Hall–Kier alpha value is -2.51. The molecule has 1 saturated heterocycles. The Morgan fingerprint density at radius 3 is 3.20 bits per heavy atom. The second kappa shape index (κ2) is 5.64. The molecule has 0 bridgehead atoms. The van der Waals surface area contributed by atoms with Crippen molar-refractivity contribution in [3.05, 3.63) is 30.5 Å². The van der Waals surface area contributed by atoms with Crippen LogP contribution in [0.2, 0.25) is 0 Å². The van der Waals surface area contributed by atoms with E-state index in [1.54, 1.807) is 23.2 Å². The van der Waals surface area contributed by atoms with Crippen LogP contribution in [0.3, 0.4) is 0 Å². The molecule has 3 rings (SSSR count). The van der Waals surface area contributed by atoms with Gasteiger partial charge in [0, 0.05) is 18.8 Å². The molecule has 8 heteroatoms. The minimum Gasteiger partial charge on any atom is -0.471 e. The van der Waals surface area contributed by atoms with Crippen molar-refractivity contribution in [2.24, 2.45) is 0 Å². The predicted octanol–water partition coefficient (Wildman–Crippen LogP) is 0.278. The summed E-state index contributed by atoms with van der Waals surface area (Å²) in [5.41, 5.74) is 0. The van der Waals surface area contributed by atoms with Crippen LogP contribution in [0.15, 0.2) is 24.7 Å². The summed E-state index contributed by atoms with van der Waals surface area (Å²) < 4.78 is 5.74. The number of amides is 1. The Kier molecular flexibility index (Phi) is 3.53. The van der Waals surface area contributed by atoms with Crippen molar-refractivity contribution in [3.8, 4) is 5.88 Å². The minimum absolute atomic E-state index is 0.0766. The van der Waals surface area contributed by atoms with Gasteiger partial charge in [0.25, 0.3) is 5.91 Å². The first-order chi connectivity index (χ1) is 9.83. The Labute approximate surface area is 115 Å². The second-order valence-corrected chi connectivity index (χ2v) is 4.53. The zero-order valence-electron chi connectivity index (χ0n) is 10.8. The van der Waals surface area contributed by atoms with E-state index in [1.165, 1.54) is 6.33 Å². The highest BCUT2D eigenvalue weighted by atomic mass is 16.5. The molecular formula is C12H14N6O2. The van der Waals surface area contributed by atoms with Gasteiger partial charge < -0.3 is 9.64 Å². The number of aromatic nitrogens is 5. The fourth-order valence-electron chi connectivity index (χ4n) is 2.20. The van der Waals surface area contributed by atoms with Crippen molar-refractivity contribution in [1.29, 1.82) is 0 Å². The third-order valence-corrected chi connectivity index (χ3v) is 3.12. The molecule has 0 spiro atoms. The molecule has 1 amide bonds. The van der Waals surface area contributed by atoms with Crippen molar-refractivity contribution < 1.29 is 9.53 Å². The van der Waals surface area contributed by atoms with Gasteiger partial charge in [0.2, 0.25) is 11.7 Å². The van der Waals surface area contributed by atoms with Gasteiger partial charge in [0.05, 0.1) is 6.54 Å². The summed E-state index contributed by atoms with van der Waals surface area (Å²) in [6, 6.07) is 3.52. The van der Waals surface area contributed by atoms with Crippen molar-refractivity contribution in [3.63, 3.8) is 0 Å². The molecule has 2 aromatic rings. The van der Waals surface area contributed by atoms with Gasteiger partial charge in [-0.25, -0.2) is 4.98 Å². The van der Waals surface area contributed by atoms with E-state index in [0.717, 1.165) is 12.8 Å². The number of nitrogens with zero attached hydrogens (tertiary/aromatic N) is 5. The molecular weight excluding hydrogens is 260 g/mol. The van der Waals surface area contributed by atoms with E-state index in [2.05, 4.69) is 25.4 Å². The van der Waals surface area contributed by atoms with Crippen LogP contribution in [-0.4, -0.2) is 55.4 Å². The maximum Gasteiger partial charge on any atom is 0.291 e. The summed E-state index contributed by atoms with van der Waals surface area (Å²) in [7, 11) is 0. The number of hydrogen-bond acceptors (Lipinski definition) is 6. The van der Waals surface area contributed by atoms with Gasteiger partial charge in [0.1, 0.15) is 12.4 Å². The summed E-state index contributed by atoms with van der Waals surface area (Å²) in [6.07, 6.45) is 4.60. The first-order valence-corrected chi connectivity index (χ1v) is 6.42. The summed E-state index contributed by atoms with van der Waals surface area (Å²) in [6.45, 7) is 1.20. The predicted molar refractivity (Wildman–Crippen MR) is 68.0 cm³/mol. The standard InChI is InChI=1S/C12H14N6O2/c19-12(11-13-8-15-17-11)18-6-2-3-9(7-18)20-10-4-1-5-14-16-10/h1,4-5,8-9H,2-3,6-7H2,(H,13,15,17). The highest BCUT2D eigenvalue weighted by Gasteiger charge is 2.27. The number of likely N-dealkylation sites (tertiary alicyclic amines) is 1. The summed E-state index contributed by atoms with van der Waals surface area (Å²) in [5, 5.41) is 13.9. The normalized spacial score (nSPS) is 18.8. The molecule has 8 nitrogen and oxygen atoms in total. The first-order valence-electron chi connectivity index (χ1n) is 6.42. The Bertz CT molecular complexity index is 559. The minimum atomic E-state index is -0.157. The Morgan fingerprint density at radius 1 is 1.50 bits per heavy atom. The molecule has 0 radical (unpaired) electrons. The number of H-pyrrole nitrogens is 1. The van der Waals surface area contributed by atoms with Crippen LogP contribution in [-0.2, 0) is 0 Å². The largest absolute Gasteiger partial charge is 0.471 e. The number of nitrogens with one attached hydrogen (secondary N) is 1. The number of rotatable bonds is 3. The average molecular weight is 274 g/mol. The summed E-state index contributed by atoms with van der Waals surface area (Å²) >= 11 is 0. The molecule has 3 heterocycles. The van der Waals surface area contributed by atoms with Gasteiger partial charge in [-0.1, -0.05) is 0 Å². The Balaban J connectivity index is 1.63. The molecule has 104 valence electrons. The van der Waals surface area contributed by atoms with Crippen LogP contribution in [0.1, 0.15) is 23.5 Å². The van der Waals surface area contributed by atoms with Crippen LogP contribution < -0.4 is 4.74 Å². The average Bonchev–Trinajstić information content (AvgIpc) is 3.02. The molecule has 1 N–H and O–H groups in total. The van der Waals surface area contributed by atoms with Crippen LogP contribution in [0, 0.1) is 0 Å².